The molecule has 8 nitrogen and oxygen atoms in total. The average molecular weight is 592 g/mol. The number of piperazine rings is 1. The zero-order valence-corrected chi connectivity index (χ0v) is 25.6. The van der Waals surface area contributed by atoms with Crippen LogP contribution in [0.3, 0.4) is 0 Å². The maximum atomic E-state index is 13.7. The van der Waals surface area contributed by atoms with Gasteiger partial charge in [-0.25, -0.2) is 4.79 Å². The van der Waals surface area contributed by atoms with E-state index < -0.39 is 0 Å². The lowest BCUT2D eigenvalue weighted by Crippen LogP contribution is -2.47. The highest BCUT2D eigenvalue weighted by molar-refractivity contribution is 6.09. The lowest BCUT2D eigenvalue weighted by atomic mass is 10.1. The van der Waals surface area contributed by atoms with Gasteiger partial charge in [-0.3, -0.25) is 9.69 Å². The van der Waals surface area contributed by atoms with E-state index in [9.17, 15) is 9.59 Å². The first-order valence-corrected chi connectivity index (χ1v) is 15.1. The first-order valence-electron chi connectivity index (χ1n) is 15.1. The Morgan fingerprint density at radius 2 is 1.59 bits per heavy atom. The Hall–Kier alpha value is -4.82. The molecular weight excluding hydrogens is 550 g/mol. The molecule has 1 fully saturated rings. The Kier molecular flexibility index (Phi) is 9.82. The lowest BCUT2D eigenvalue weighted by molar-refractivity contribution is -0.114. The van der Waals surface area contributed by atoms with Crippen molar-refractivity contribution in [2.75, 3.05) is 59.7 Å². The predicted octanol–water partition coefficient (Wildman–Crippen LogP) is 6.50. The number of benzene rings is 3. The average Bonchev–Trinajstić information content (AvgIpc) is 3.44. The number of nitrogens with zero attached hydrogens (tertiary/aromatic N) is 3. The van der Waals surface area contributed by atoms with E-state index in [1.807, 2.05) is 86.7 Å². The Labute approximate surface area is 260 Å². The van der Waals surface area contributed by atoms with E-state index in [1.165, 1.54) is 0 Å². The van der Waals surface area contributed by atoms with Gasteiger partial charge in [0.2, 0.25) is 0 Å². The van der Waals surface area contributed by atoms with Crippen molar-refractivity contribution in [3.05, 3.63) is 115 Å². The van der Waals surface area contributed by atoms with E-state index in [0.29, 0.717) is 30.0 Å². The van der Waals surface area contributed by atoms with Crippen molar-refractivity contribution < 1.29 is 14.3 Å². The molecule has 2 aliphatic rings. The van der Waals surface area contributed by atoms with Gasteiger partial charge in [-0.15, -0.1) is 0 Å². The largest absolute Gasteiger partial charge is 0.489 e. The zero-order valence-electron chi connectivity index (χ0n) is 25.6. The molecule has 0 aliphatic carbocycles. The second-order valence-corrected chi connectivity index (χ2v) is 11.4. The fourth-order valence-electron chi connectivity index (χ4n) is 5.62. The third-order valence-electron chi connectivity index (χ3n) is 7.71. The summed E-state index contributed by atoms with van der Waals surface area (Å²) in [4.78, 5) is 32.7. The molecule has 44 heavy (non-hydrogen) atoms. The first kappa shape index (κ1) is 30.6. The number of fused-ring (bicyclic) bond motifs is 1. The topological polar surface area (TPSA) is 77.2 Å². The van der Waals surface area contributed by atoms with Crippen molar-refractivity contribution in [1.29, 1.82) is 0 Å². The van der Waals surface area contributed by atoms with E-state index in [1.54, 1.807) is 11.0 Å². The summed E-state index contributed by atoms with van der Waals surface area (Å²) in [5.41, 5.74) is 5.66. The van der Waals surface area contributed by atoms with Crippen LogP contribution in [-0.2, 0) is 11.2 Å². The number of urea groups is 1. The fraction of sp³-hybridized carbons (Fsp3) is 0.278. The van der Waals surface area contributed by atoms with Gasteiger partial charge in [0, 0.05) is 61.9 Å². The number of nitrogens with one attached hydrogen (secondary N) is 2. The molecule has 228 valence electrons. The molecular formula is C36H41N5O3. The van der Waals surface area contributed by atoms with E-state index in [0.717, 1.165) is 60.9 Å². The molecule has 0 saturated carbocycles. The summed E-state index contributed by atoms with van der Waals surface area (Å²) in [7, 11) is 0. The Morgan fingerprint density at radius 3 is 2.32 bits per heavy atom. The number of para-hydroxylation sites is 3. The van der Waals surface area contributed by atoms with Crippen LogP contribution in [0, 0.1) is 0 Å². The van der Waals surface area contributed by atoms with Crippen molar-refractivity contribution in [2.24, 2.45) is 0 Å². The maximum absolute atomic E-state index is 13.7. The van der Waals surface area contributed by atoms with E-state index in [-0.39, 0.29) is 18.0 Å². The molecule has 0 bridgehead atoms. The standard InChI is InChI=1S/C36H41N5O3/c1-5-28(23-27(4)25-39-19-21-40(22-20-39)32-13-9-10-14-34(32)44-26(2)3)35(42)41-18-17-29-15-16-31(24-33(29)41)38-36(43)37-30-11-7-6-8-12-30/h5-16,23-24,26H,1,4,17-22,25H2,2-3H3,(H2,37,38,43)/b28-23+. The van der Waals surface area contributed by atoms with E-state index >= 15 is 0 Å². The Balaban J connectivity index is 1.18. The summed E-state index contributed by atoms with van der Waals surface area (Å²) in [6.07, 6.45) is 4.32. The van der Waals surface area contributed by atoms with Crippen molar-refractivity contribution in [3.8, 4) is 5.75 Å². The number of hydrogen-bond donors (Lipinski definition) is 2. The number of rotatable bonds is 10. The number of ether oxygens (including phenoxy) is 1. The van der Waals surface area contributed by atoms with Gasteiger partial charge in [0.15, 0.2) is 0 Å². The molecule has 2 heterocycles. The molecule has 2 aliphatic heterocycles. The van der Waals surface area contributed by atoms with Gasteiger partial charge in [0.25, 0.3) is 5.91 Å². The van der Waals surface area contributed by atoms with Gasteiger partial charge in [0.1, 0.15) is 5.75 Å². The van der Waals surface area contributed by atoms with Crippen LogP contribution in [0.4, 0.5) is 27.5 Å². The minimum absolute atomic E-state index is 0.119. The molecule has 0 aromatic heterocycles. The van der Waals surface area contributed by atoms with Crippen LogP contribution >= 0.6 is 0 Å². The molecule has 5 rings (SSSR count). The third-order valence-corrected chi connectivity index (χ3v) is 7.71. The summed E-state index contributed by atoms with van der Waals surface area (Å²) < 4.78 is 6.03. The molecule has 8 heteroatoms. The van der Waals surface area contributed by atoms with Crippen LogP contribution in [0.2, 0.25) is 0 Å². The smallest absolute Gasteiger partial charge is 0.323 e. The zero-order chi connectivity index (χ0) is 31.1. The monoisotopic (exact) mass is 591 g/mol. The molecule has 2 N–H and O–H groups in total. The van der Waals surface area contributed by atoms with Crippen LogP contribution in [-0.4, -0.2) is 62.2 Å². The van der Waals surface area contributed by atoms with Gasteiger partial charge in [-0.1, -0.05) is 55.6 Å². The van der Waals surface area contributed by atoms with Crippen molar-refractivity contribution in [2.45, 2.75) is 26.4 Å². The molecule has 3 aromatic rings. The normalized spacial score (nSPS) is 15.1. The highest BCUT2D eigenvalue weighted by Crippen LogP contribution is 2.33. The SMILES string of the molecule is C=C/C(=C\C(=C)CN1CCN(c2ccccc2OC(C)C)CC1)C(=O)N1CCc2ccc(NC(=O)Nc3ccccc3)cc21. The summed E-state index contributed by atoms with van der Waals surface area (Å²) in [5.74, 6) is 0.789. The quantitative estimate of drug-likeness (QED) is 0.208. The number of hydrogen-bond acceptors (Lipinski definition) is 5. The number of anilines is 4. The minimum Gasteiger partial charge on any atom is -0.489 e. The summed E-state index contributed by atoms with van der Waals surface area (Å²) in [6.45, 7) is 17.0. The molecule has 0 radical (unpaired) electrons. The molecule has 1 saturated heterocycles. The maximum Gasteiger partial charge on any atom is 0.323 e. The molecule has 0 unspecified atom stereocenters. The molecule has 0 spiro atoms. The predicted molar refractivity (Wildman–Crippen MR) is 180 cm³/mol. The van der Waals surface area contributed by atoms with Crippen LogP contribution in [0.25, 0.3) is 0 Å². The Bertz CT molecular complexity index is 1540. The third kappa shape index (κ3) is 7.57. The molecule has 3 amide bonds. The van der Waals surface area contributed by atoms with E-state index in [2.05, 4.69) is 39.7 Å². The fourth-order valence-corrected chi connectivity index (χ4v) is 5.62. The summed E-state index contributed by atoms with van der Waals surface area (Å²) in [5, 5.41) is 5.69. The van der Waals surface area contributed by atoms with Crippen LogP contribution in [0.5, 0.6) is 5.75 Å². The highest BCUT2D eigenvalue weighted by Gasteiger charge is 2.27. The van der Waals surface area contributed by atoms with Gasteiger partial charge < -0.3 is 25.2 Å². The van der Waals surface area contributed by atoms with Crippen molar-refractivity contribution in [1.82, 2.24) is 4.90 Å². The summed E-state index contributed by atoms with van der Waals surface area (Å²) in [6, 6.07) is 22.8. The second-order valence-electron chi connectivity index (χ2n) is 11.4. The lowest BCUT2D eigenvalue weighted by Gasteiger charge is -2.37. The molecule has 3 aromatic carbocycles. The number of amides is 3. The van der Waals surface area contributed by atoms with Crippen LogP contribution < -0.4 is 25.2 Å². The Morgan fingerprint density at radius 1 is 0.886 bits per heavy atom. The van der Waals surface area contributed by atoms with Crippen LogP contribution in [0.15, 0.2) is 109 Å². The summed E-state index contributed by atoms with van der Waals surface area (Å²) >= 11 is 0. The minimum atomic E-state index is -0.344. The molecule has 0 atom stereocenters. The van der Waals surface area contributed by atoms with Gasteiger partial charge in [0.05, 0.1) is 11.8 Å². The number of carbonyl (C=O) groups excluding carboxylic acids is 2. The number of carbonyl (C=O) groups is 2. The van der Waals surface area contributed by atoms with Gasteiger partial charge >= 0.3 is 6.03 Å². The van der Waals surface area contributed by atoms with Crippen LogP contribution in [0.1, 0.15) is 19.4 Å². The van der Waals surface area contributed by atoms with Gasteiger partial charge in [-0.2, -0.15) is 0 Å². The van der Waals surface area contributed by atoms with Crippen molar-refractivity contribution in [3.63, 3.8) is 0 Å². The second kappa shape index (κ2) is 14.1. The first-order chi connectivity index (χ1) is 21.3. The highest BCUT2D eigenvalue weighted by atomic mass is 16.5. The van der Waals surface area contributed by atoms with Crippen molar-refractivity contribution >= 4 is 34.7 Å². The van der Waals surface area contributed by atoms with E-state index in [4.69, 9.17) is 4.74 Å². The van der Waals surface area contributed by atoms with Gasteiger partial charge in [-0.05, 0) is 73.9 Å².